The van der Waals surface area contributed by atoms with Crippen LogP contribution in [0.15, 0.2) is 47.4 Å². The van der Waals surface area contributed by atoms with Gasteiger partial charge < -0.3 is 15.2 Å². The second-order valence-corrected chi connectivity index (χ2v) is 7.02. The molecule has 0 bridgehead atoms. The molecule has 1 atom stereocenters. The Morgan fingerprint density at radius 1 is 1.04 bits per heavy atom. The van der Waals surface area contributed by atoms with Crippen molar-refractivity contribution in [3.8, 4) is 11.5 Å². The largest absolute Gasteiger partial charge is 0.493 e. The second-order valence-electron chi connectivity index (χ2n) is 4.89. The number of hydrogen-bond acceptors (Lipinski definition) is 4. The van der Waals surface area contributed by atoms with E-state index in [2.05, 4.69) is 5.73 Å². The maximum Gasteiger partial charge on any atom is 0.190 e. The summed E-state index contributed by atoms with van der Waals surface area (Å²) < 4.78 is 49.0. The van der Waals surface area contributed by atoms with Crippen LogP contribution < -0.4 is 15.2 Å². The Kier molecular flexibility index (Phi) is 5.23. The van der Waals surface area contributed by atoms with Crippen LogP contribution in [-0.4, -0.2) is 29.2 Å². The van der Waals surface area contributed by atoms with Gasteiger partial charge in [-0.2, -0.15) is 0 Å². The van der Waals surface area contributed by atoms with Crippen LogP contribution in [0.4, 0.5) is 4.39 Å². The summed E-state index contributed by atoms with van der Waals surface area (Å²) in [5.41, 5.74) is 4.29. The Morgan fingerprint density at radius 3 is 2.17 bits per heavy atom. The van der Waals surface area contributed by atoms with E-state index < -0.39 is 20.9 Å². The van der Waals surface area contributed by atoms with E-state index in [1.807, 2.05) is 0 Å². The average Bonchev–Trinajstić information content (AvgIpc) is 2.55. The number of methoxy groups -OCH3 is 2. The molecule has 0 spiro atoms. The molecule has 2 aromatic carbocycles. The first kappa shape index (κ1) is 17.2. The molecule has 2 aromatic rings. The standard InChI is InChI=1S/C16H18FNO4S/c1-21-14-8-3-11(9-15(14)22-2)16(10-18)23(19,20)13-6-4-12(17)5-7-13/h3-9,16H,10,18H2,1-2H3/p+1/t16-/m1/s1. The van der Waals surface area contributed by atoms with Gasteiger partial charge in [0.1, 0.15) is 11.1 Å². The Hall–Kier alpha value is -2.12. The van der Waals surface area contributed by atoms with Crippen LogP contribution in [0.1, 0.15) is 10.8 Å². The first-order chi connectivity index (χ1) is 10.9. The molecule has 0 saturated heterocycles. The molecule has 23 heavy (non-hydrogen) atoms. The highest BCUT2D eigenvalue weighted by atomic mass is 32.2. The predicted molar refractivity (Wildman–Crippen MR) is 83.6 cm³/mol. The lowest BCUT2D eigenvalue weighted by molar-refractivity contribution is -0.367. The van der Waals surface area contributed by atoms with Crippen LogP contribution in [0.25, 0.3) is 0 Å². The van der Waals surface area contributed by atoms with Crippen molar-refractivity contribution in [2.75, 3.05) is 20.8 Å². The SMILES string of the molecule is COc1ccc([C@@H](C[NH3+])S(=O)(=O)c2ccc(F)cc2)cc1OC. The van der Waals surface area contributed by atoms with Gasteiger partial charge in [-0.05, 0) is 42.0 Å². The molecule has 0 fully saturated rings. The molecule has 0 aliphatic carbocycles. The molecule has 7 heteroatoms. The lowest BCUT2D eigenvalue weighted by atomic mass is 10.1. The highest BCUT2D eigenvalue weighted by molar-refractivity contribution is 7.91. The smallest absolute Gasteiger partial charge is 0.190 e. The van der Waals surface area contributed by atoms with Crippen LogP contribution in [-0.2, 0) is 9.84 Å². The van der Waals surface area contributed by atoms with Gasteiger partial charge in [0.05, 0.1) is 25.7 Å². The van der Waals surface area contributed by atoms with Crippen molar-refractivity contribution in [2.24, 2.45) is 0 Å². The van der Waals surface area contributed by atoms with E-state index in [4.69, 9.17) is 9.47 Å². The zero-order valence-electron chi connectivity index (χ0n) is 13.0. The molecule has 124 valence electrons. The summed E-state index contributed by atoms with van der Waals surface area (Å²) in [4.78, 5) is 0.0577. The first-order valence-corrected chi connectivity index (χ1v) is 8.49. The van der Waals surface area contributed by atoms with Gasteiger partial charge in [0.15, 0.2) is 21.3 Å². The van der Waals surface area contributed by atoms with Crippen molar-refractivity contribution >= 4 is 9.84 Å². The fraction of sp³-hybridized carbons (Fsp3) is 0.250. The van der Waals surface area contributed by atoms with Gasteiger partial charge in [-0.1, -0.05) is 6.07 Å². The van der Waals surface area contributed by atoms with Crippen molar-refractivity contribution in [1.29, 1.82) is 0 Å². The summed E-state index contributed by atoms with van der Waals surface area (Å²) >= 11 is 0. The molecule has 0 unspecified atom stereocenters. The van der Waals surface area contributed by atoms with Crippen molar-refractivity contribution in [3.05, 3.63) is 53.8 Å². The molecule has 0 radical (unpaired) electrons. The number of rotatable bonds is 6. The Morgan fingerprint density at radius 2 is 1.65 bits per heavy atom. The number of sulfone groups is 1. The predicted octanol–water partition coefficient (Wildman–Crippen LogP) is 1.60. The fourth-order valence-electron chi connectivity index (χ4n) is 2.34. The summed E-state index contributed by atoms with van der Waals surface area (Å²) in [7, 11) is -0.704. The van der Waals surface area contributed by atoms with Crippen LogP contribution in [0.2, 0.25) is 0 Å². The molecule has 0 heterocycles. The van der Waals surface area contributed by atoms with Crippen LogP contribution in [0.3, 0.4) is 0 Å². The van der Waals surface area contributed by atoms with Gasteiger partial charge in [0.25, 0.3) is 0 Å². The average molecular weight is 340 g/mol. The molecule has 5 nitrogen and oxygen atoms in total. The summed E-state index contributed by atoms with van der Waals surface area (Å²) in [6.07, 6.45) is 0. The lowest BCUT2D eigenvalue weighted by Gasteiger charge is -2.17. The van der Waals surface area contributed by atoms with Crippen LogP contribution in [0.5, 0.6) is 11.5 Å². The zero-order chi connectivity index (χ0) is 17.0. The molecule has 0 amide bonds. The van der Waals surface area contributed by atoms with Gasteiger partial charge in [0, 0.05) is 0 Å². The topological polar surface area (TPSA) is 80.2 Å². The monoisotopic (exact) mass is 340 g/mol. The van der Waals surface area contributed by atoms with Crippen molar-refractivity contribution in [1.82, 2.24) is 0 Å². The van der Waals surface area contributed by atoms with Gasteiger partial charge in [-0.15, -0.1) is 0 Å². The van der Waals surface area contributed by atoms with E-state index in [0.29, 0.717) is 17.1 Å². The van der Waals surface area contributed by atoms with Gasteiger partial charge in [-0.25, -0.2) is 12.8 Å². The van der Waals surface area contributed by atoms with E-state index >= 15 is 0 Å². The van der Waals surface area contributed by atoms with Crippen LogP contribution in [0, 0.1) is 5.82 Å². The zero-order valence-corrected chi connectivity index (χ0v) is 13.8. The minimum absolute atomic E-state index is 0.0577. The number of hydrogen-bond donors (Lipinski definition) is 1. The van der Waals surface area contributed by atoms with Gasteiger partial charge >= 0.3 is 0 Å². The number of ether oxygens (including phenoxy) is 2. The Bertz CT molecular complexity index is 775. The molecule has 3 N–H and O–H groups in total. The summed E-state index contributed by atoms with van der Waals surface area (Å²) in [5, 5.41) is -0.854. The maximum absolute atomic E-state index is 13.0. The van der Waals surface area contributed by atoms with E-state index in [1.54, 1.807) is 18.2 Å². The maximum atomic E-state index is 13.0. The molecular weight excluding hydrogens is 321 g/mol. The fourth-order valence-corrected chi connectivity index (χ4v) is 4.00. The Balaban J connectivity index is 2.48. The molecule has 2 rings (SSSR count). The molecule has 0 aromatic heterocycles. The van der Waals surface area contributed by atoms with Crippen molar-refractivity contribution < 1.29 is 28.0 Å². The highest BCUT2D eigenvalue weighted by Crippen LogP contribution is 2.34. The van der Waals surface area contributed by atoms with Gasteiger partial charge in [0.2, 0.25) is 0 Å². The number of benzene rings is 2. The van der Waals surface area contributed by atoms with Crippen LogP contribution >= 0.6 is 0 Å². The molecule has 0 aliphatic rings. The number of halogens is 1. The lowest BCUT2D eigenvalue weighted by Crippen LogP contribution is -2.54. The van der Waals surface area contributed by atoms with Gasteiger partial charge in [-0.3, -0.25) is 0 Å². The van der Waals surface area contributed by atoms with Crippen molar-refractivity contribution in [2.45, 2.75) is 10.1 Å². The van der Waals surface area contributed by atoms with E-state index in [1.165, 1.54) is 26.4 Å². The molecule has 0 saturated carbocycles. The summed E-state index contributed by atoms with van der Waals surface area (Å²) in [6.45, 7) is 0.134. The van der Waals surface area contributed by atoms with Crippen molar-refractivity contribution in [3.63, 3.8) is 0 Å². The summed E-state index contributed by atoms with van der Waals surface area (Å²) in [6, 6.07) is 9.70. The minimum atomic E-state index is -3.69. The van der Waals surface area contributed by atoms with E-state index in [9.17, 15) is 12.8 Å². The number of quaternary nitrogens is 1. The third kappa shape index (κ3) is 3.46. The third-order valence-electron chi connectivity index (χ3n) is 3.56. The Labute approximate surface area is 134 Å². The normalized spacial score (nSPS) is 12.7. The molecular formula is C16H19FNO4S+. The van der Waals surface area contributed by atoms with E-state index in [-0.39, 0.29) is 11.4 Å². The minimum Gasteiger partial charge on any atom is -0.493 e. The third-order valence-corrected chi connectivity index (χ3v) is 5.74. The first-order valence-electron chi connectivity index (χ1n) is 6.94. The highest BCUT2D eigenvalue weighted by Gasteiger charge is 2.30. The summed E-state index contributed by atoms with van der Waals surface area (Å²) in [5.74, 6) is 0.470. The second kappa shape index (κ2) is 6.97. The van der Waals surface area contributed by atoms with E-state index in [0.717, 1.165) is 12.1 Å². The molecule has 0 aliphatic heterocycles. The quantitative estimate of drug-likeness (QED) is 0.810.